The van der Waals surface area contributed by atoms with Crippen LogP contribution in [0.2, 0.25) is 0 Å². The van der Waals surface area contributed by atoms with Crippen molar-refractivity contribution in [3.05, 3.63) is 71.6 Å². The number of benzene rings is 2. The normalized spacial score (nSPS) is 20.6. The molecule has 3 aliphatic rings. The summed E-state index contributed by atoms with van der Waals surface area (Å²) in [6.07, 6.45) is 8.48. The summed E-state index contributed by atoms with van der Waals surface area (Å²) in [6, 6.07) is 10.9. The number of amides is 4. The zero-order valence-electron chi connectivity index (χ0n) is 38.9. The first-order valence-electron chi connectivity index (χ1n) is 23.3. The molecule has 2 aromatic heterocycles. The largest absolute Gasteiger partial charge is 0.453 e. The van der Waals surface area contributed by atoms with Gasteiger partial charge >= 0.3 is 12.2 Å². The molecule has 65 heavy (non-hydrogen) atoms. The van der Waals surface area contributed by atoms with Crippen LogP contribution in [0.3, 0.4) is 0 Å². The standard InChI is InChI=1S/C49H66N8O8/c1-8-20-56(46(58)43(54-48(60)62-6)34-18-22-64-29(3)24-34)28-42-50-27-41(52-42)39-17-14-36(37-15-16-38(37)39)32-10-12-33(13-11-32)40-26-51-45(53-40)31(5)57(21-9-2)47(59)44(55-49(61)63-7)35-19-23-65-30(4)25-35/h10-14,17,26-27,29-31,34-35,43-44H,8-9,15-16,18-25,28H2,1-7H3,(H,50,52)(H,51,53)(H,54,60)(H,55,61). The molecule has 16 nitrogen and oxygen atoms in total. The van der Waals surface area contributed by atoms with Gasteiger partial charge in [-0.1, -0.05) is 50.2 Å². The van der Waals surface area contributed by atoms with Gasteiger partial charge in [-0.15, -0.1) is 0 Å². The zero-order chi connectivity index (χ0) is 46.2. The van der Waals surface area contributed by atoms with E-state index in [9.17, 15) is 19.2 Å². The Morgan fingerprint density at radius 1 is 0.738 bits per heavy atom. The Labute approximate surface area is 381 Å². The van der Waals surface area contributed by atoms with Crippen molar-refractivity contribution < 1.29 is 38.1 Å². The fraction of sp³-hybridized carbons (Fsp3) is 0.551. The molecule has 4 aromatic rings. The van der Waals surface area contributed by atoms with Crippen molar-refractivity contribution in [1.29, 1.82) is 0 Å². The molecule has 2 saturated heterocycles. The van der Waals surface area contributed by atoms with E-state index in [1.54, 1.807) is 9.80 Å². The highest BCUT2D eigenvalue weighted by Gasteiger charge is 2.39. The van der Waals surface area contributed by atoms with Gasteiger partial charge in [0, 0.05) is 31.9 Å². The molecule has 1 aliphatic carbocycles. The van der Waals surface area contributed by atoms with E-state index in [4.69, 9.17) is 28.9 Å². The van der Waals surface area contributed by atoms with Crippen molar-refractivity contribution in [1.82, 2.24) is 40.4 Å². The number of aromatic nitrogens is 4. The number of hydrogen-bond acceptors (Lipinski definition) is 10. The van der Waals surface area contributed by atoms with Crippen LogP contribution in [0.5, 0.6) is 0 Å². The van der Waals surface area contributed by atoms with Crippen molar-refractivity contribution in [2.75, 3.05) is 40.5 Å². The number of nitrogens with zero attached hydrogens (tertiary/aromatic N) is 4. The average Bonchev–Trinajstić information content (AvgIpc) is 3.99. The van der Waals surface area contributed by atoms with Crippen molar-refractivity contribution in [2.45, 2.75) is 123 Å². The summed E-state index contributed by atoms with van der Waals surface area (Å²) in [4.78, 5) is 73.2. The van der Waals surface area contributed by atoms with Gasteiger partial charge in [0.15, 0.2) is 0 Å². The molecular weight excluding hydrogens is 829 g/mol. The van der Waals surface area contributed by atoms with Crippen molar-refractivity contribution in [3.63, 3.8) is 0 Å². The second-order valence-electron chi connectivity index (χ2n) is 17.7. The van der Waals surface area contributed by atoms with E-state index >= 15 is 0 Å². The van der Waals surface area contributed by atoms with Crippen molar-refractivity contribution in [3.8, 4) is 33.6 Å². The summed E-state index contributed by atoms with van der Waals surface area (Å²) < 4.78 is 21.3. The second-order valence-corrected chi connectivity index (χ2v) is 17.7. The summed E-state index contributed by atoms with van der Waals surface area (Å²) in [5.41, 5.74) is 8.72. The molecule has 16 heteroatoms. The minimum Gasteiger partial charge on any atom is -0.453 e. The van der Waals surface area contributed by atoms with Crippen LogP contribution in [0.1, 0.15) is 102 Å². The fourth-order valence-corrected chi connectivity index (χ4v) is 9.75. The van der Waals surface area contributed by atoms with Gasteiger partial charge in [-0.3, -0.25) is 9.59 Å². The van der Waals surface area contributed by atoms with Gasteiger partial charge in [0.05, 0.1) is 62.8 Å². The molecule has 7 rings (SSSR count). The summed E-state index contributed by atoms with van der Waals surface area (Å²) >= 11 is 0. The Bertz CT molecular complexity index is 2270. The number of fused-ring (bicyclic) bond motifs is 1. The number of hydrogen-bond donors (Lipinski definition) is 4. The van der Waals surface area contributed by atoms with E-state index < -0.39 is 24.3 Å². The van der Waals surface area contributed by atoms with Crippen molar-refractivity contribution >= 4 is 24.0 Å². The van der Waals surface area contributed by atoms with Gasteiger partial charge in [-0.2, -0.15) is 0 Å². The van der Waals surface area contributed by atoms with Crippen molar-refractivity contribution in [2.24, 2.45) is 11.8 Å². The lowest BCUT2D eigenvalue weighted by Gasteiger charge is -2.37. The summed E-state index contributed by atoms with van der Waals surface area (Å²) in [5, 5.41) is 5.66. The molecule has 2 fully saturated rings. The van der Waals surface area contributed by atoms with E-state index in [0.29, 0.717) is 63.6 Å². The first-order valence-corrected chi connectivity index (χ1v) is 23.3. The molecule has 4 amide bonds. The zero-order valence-corrected chi connectivity index (χ0v) is 38.9. The minimum atomic E-state index is -0.740. The summed E-state index contributed by atoms with van der Waals surface area (Å²) in [6.45, 7) is 12.4. The smallest absolute Gasteiger partial charge is 0.407 e. The molecule has 2 aliphatic heterocycles. The number of ether oxygens (including phenoxy) is 4. The van der Waals surface area contributed by atoms with Gasteiger partial charge in [-0.25, -0.2) is 19.6 Å². The van der Waals surface area contributed by atoms with Gasteiger partial charge in [0.25, 0.3) is 0 Å². The second kappa shape index (κ2) is 21.5. The number of imidazole rings is 2. The number of rotatable bonds is 17. The third-order valence-electron chi connectivity index (χ3n) is 13.3. The number of methoxy groups -OCH3 is 2. The maximum absolute atomic E-state index is 14.2. The topological polar surface area (TPSA) is 193 Å². The van der Waals surface area contributed by atoms with Crippen LogP contribution in [-0.2, 0) is 47.9 Å². The molecule has 0 spiro atoms. The first kappa shape index (κ1) is 47.2. The lowest BCUT2D eigenvalue weighted by molar-refractivity contribution is -0.139. The number of carbonyl (C=O) groups is 4. The number of nitrogens with one attached hydrogen (secondary N) is 4. The highest BCUT2D eigenvalue weighted by Crippen LogP contribution is 2.40. The van der Waals surface area contributed by atoms with Crippen LogP contribution < -0.4 is 10.6 Å². The number of carbonyl (C=O) groups excluding carboxylic acids is 4. The first-order chi connectivity index (χ1) is 31.4. The highest BCUT2D eigenvalue weighted by atomic mass is 16.5. The van der Waals surface area contributed by atoms with Crippen LogP contribution >= 0.6 is 0 Å². The third kappa shape index (κ3) is 10.9. The Kier molecular flexibility index (Phi) is 15.6. The molecular formula is C49H66N8O8. The monoisotopic (exact) mass is 895 g/mol. The number of aromatic amines is 2. The molecule has 0 radical (unpaired) electrons. The molecule has 7 unspecified atom stereocenters. The fourth-order valence-electron chi connectivity index (χ4n) is 9.75. The lowest BCUT2D eigenvalue weighted by atomic mass is 9.79. The molecule has 4 heterocycles. The molecule has 7 atom stereocenters. The molecule has 0 bridgehead atoms. The maximum atomic E-state index is 14.2. The minimum absolute atomic E-state index is 0.00113. The van der Waals surface area contributed by atoms with Crippen LogP contribution in [0, 0.1) is 11.8 Å². The van der Waals surface area contributed by atoms with Crippen LogP contribution in [0.15, 0.2) is 48.8 Å². The number of alkyl carbamates (subject to hydrolysis) is 2. The summed E-state index contributed by atoms with van der Waals surface area (Å²) in [5.74, 6) is 0.885. The SMILES string of the molecule is CCCN(Cc1ncc(-c2ccc(-c3ccc(-c4cnc(C(C)N(CCC)C(=O)C(NC(=O)OC)C5CCOC(C)C5)[nH]4)cc3)c3c2CC3)[nH]1)C(=O)C(NC(=O)OC)C1CCOC(C)C1. The van der Waals surface area contributed by atoms with E-state index in [2.05, 4.69) is 57.0 Å². The van der Waals surface area contributed by atoms with E-state index in [1.807, 2.05) is 47.0 Å². The lowest BCUT2D eigenvalue weighted by Crippen LogP contribution is -2.54. The van der Waals surface area contributed by atoms with Gasteiger partial charge in [0.1, 0.15) is 23.7 Å². The van der Waals surface area contributed by atoms with Gasteiger partial charge in [-0.05, 0) is 112 Å². The van der Waals surface area contributed by atoms with Crippen LogP contribution in [0.25, 0.3) is 33.6 Å². The maximum Gasteiger partial charge on any atom is 0.407 e. The molecule has 0 saturated carbocycles. The predicted octanol–water partition coefficient (Wildman–Crippen LogP) is 7.35. The van der Waals surface area contributed by atoms with Crippen LogP contribution in [-0.4, -0.2) is 119 Å². The summed E-state index contributed by atoms with van der Waals surface area (Å²) in [7, 11) is 2.62. The highest BCUT2D eigenvalue weighted by molar-refractivity contribution is 5.87. The van der Waals surface area contributed by atoms with Gasteiger partial charge in [0.2, 0.25) is 11.8 Å². The predicted molar refractivity (Wildman–Crippen MR) is 246 cm³/mol. The Morgan fingerprint density at radius 3 is 1.86 bits per heavy atom. The van der Waals surface area contributed by atoms with E-state index in [-0.39, 0.29) is 48.4 Å². The average molecular weight is 895 g/mol. The van der Waals surface area contributed by atoms with E-state index in [1.165, 1.54) is 30.9 Å². The Balaban J connectivity index is 1.04. The molecule has 2 aromatic carbocycles. The molecule has 4 N–H and O–H groups in total. The molecule has 350 valence electrons. The Morgan fingerprint density at radius 2 is 1.29 bits per heavy atom. The Hall–Kier alpha value is -5.74. The van der Waals surface area contributed by atoms with E-state index in [0.717, 1.165) is 53.8 Å². The van der Waals surface area contributed by atoms with Crippen LogP contribution in [0.4, 0.5) is 9.59 Å². The number of H-pyrrole nitrogens is 2. The quantitative estimate of drug-likeness (QED) is 0.0833. The van der Waals surface area contributed by atoms with Gasteiger partial charge < -0.3 is 49.3 Å². The third-order valence-corrected chi connectivity index (χ3v) is 13.3.